The minimum absolute atomic E-state index is 0.158. The zero-order valence-electron chi connectivity index (χ0n) is 10.0. The second-order valence-electron chi connectivity index (χ2n) is 3.90. The van der Waals surface area contributed by atoms with E-state index in [1.807, 2.05) is 33.9 Å². The van der Waals surface area contributed by atoms with Gasteiger partial charge in [-0.05, 0) is 22.9 Å². The molecular weight excluding hydrogens is 262 g/mol. The molecule has 0 unspecified atom stereocenters. The quantitative estimate of drug-likeness (QED) is 0.739. The van der Waals surface area contributed by atoms with Crippen molar-refractivity contribution < 1.29 is 4.79 Å². The van der Waals surface area contributed by atoms with Crippen LogP contribution in [0.3, 0.4) is 0 Å². The van der Waals surface area contributed by atoms with Gasteiger partial charge in [-0.15, -0.1) is 29.3 Å². The van der Waals surface area contributed by atoms with E-state index in [0.717, 1.165) is 4.88 Å². The highest BCUT2D eigenvalue weighted by atomic mass is 32.1. The Hall–Kier alpha value is -1.39. The molecule has 0 aliphatic rings. The van der Waals surface area contributed by atoms with Gasteiger partial charge in [0, 0.05) is 16.3 Å². The first-order valence-corrected chi connectivity index (χ1v) is 7.49. The number of amides is 1. The van der Waals surface area contributed by atoms with E-state index in [9.17, 15) is 4.79 Å². The molecule has 0 aliphatic carbocycles. The lowest BCUT2D eigenvalue weighted by Gasteiger charge is -2.20. The summed E-state index contributed by atoms with van der Waals surface area (Å²) in [4.78, 5) is 16.4. The lowest BCUT2D eigenvalue weighted by atomic mass is 10.3. The van der Waals surface area contributed by atoms with Gasteiger partial charge in [-0.1, -0.05) is 18.2 Å². The van der Waals surface area contributed by atoms with E-state index in [-0.39, 0.29) is 5.91 Å². The van der Waals surface area contributed by atoms with E-state index < -0.39 is 0 Å². The predicted octanol–water partition coefficient (Wildman–Crippen LogP) is 3.57. The molecule has 0 saturated carbocycles. The third-order valence-electron chi connectivity index (χ3n) is 2.53. The second-order valence-corrected chi connectivity index (χ2v) is 5.96. The highest BCUT2D eigenvalue weighted by Gasteiger charge is 2.14. The van der Waals surface area contributed by atoms with Crippen LogP contribution in [0.15, 0.2) is 47.7 Å². The lowest BCUT2D eigenvalue weighted by molar-refractivity contribution is -0.130. The zero-order chi connectivity index (χ0) is 12.8. The van der Waals surface area contributed by atoms with Crippen LogP contribution in [0.1, 0.15) is 9.75 Å². The van der Waals surface area contributed by atoms with E-state index in [1.54, 1.807) is 28.7 Å². The van der Waals surface area contributed by atoms with Crippen LogP contribution in [-0.2, 0) is 17.8 Å². The van der Waals surface area contributed by atoms with Crippen molar-refractivity contribution in [2.24, 2.45) is 0 Å². The van der Waals surface area contributed by atoms with Gasteiger partial charge in [-0.2, -0.15) is 0 Å². The van der Waals surface area contributed by atoms with Gasteiger partial charge in [0.2, 0.25) is 5.91 Å². The molecule has 0 aromatic carbocycles. The Bertz CT molecular complexity index is 488. The Morgan fingerprint density at radius 2 is 1.89 bits per heavy atom. The summed E-state index contributed by atoms with van der Waals surface area (Å²) in [6.07, 6.45) is 2.26. The van der Waals surface area contributed by atoms with Crippen LogP contribution in [0.2, 0.25) is 0 Å². The zero-order valence-corrected chi connectivity index (χ0v) is 11.7. The summed E-state index contributed by atoms with van der Waals surface area (Å²) in [7, 11) is 0. The Labute approximate surface area is 115 Å². The third kappa shape index (κ3) is 3.55. The summed E-state index contributed by atoms with van der Waals surface area (Å²) in [5.74, 6) is 0.158. The molecule has 0 fully saturated rings. The molecule has 0 aliphatic heterocycles. The maximum absolute atomic E-state index is 12.2. The van der Waals surface area contributed by atoms with Crippen molar-refractivity contribution in [2.75, 3.05) is 6.54 Å². The minimum Gasteiger partial charge on any atom is -0.334 e. The van der Waals surface area contributed by atoms with Gasteiger partial charge < -0.3 is 4.90 Å². The normalized spacial score (nSPS) is 10.2. The summed E-state index contributed by atoms with van der Waals surface area (Å²) >= 11 is 3.30. The Balaban J connectivity index is 2.00. The number of rotatable bonds is 6. The van der Waals surface area contributed by atoms with Crippen molar-refractivity contribution in [3.05, 3.63) is 57.4 Å². The van der Waals surface area contributed by atoms with E-state index in [1.165, 1.54) is 4.88 Å². The second kappa shape index (κ2) is 6.52. The fourth-order valence-electron chi connectivity index (χ4n) is 1.68. The van der Waals surface area contributed by atoms with Crippen molar-refractivity contribution in [3.63, 3.8) is 0 Å². The number of carbonyl (C=O) groups is 1. The number of carbonyl (C=O) groups excluding carboxylic acids is 1. The molecule has 18 heavy (non-hydrogen) atoms. The Kier molecular flexibility index (Phi) is 4.73. The lowest BCUT2D eigenvalue weighted by Crippen LogP contribution is -2.31. The van der Waals surface area contributed by atoms with Crippen molar-refractivity contribution in [1.29, 1.82) is 0 Å². The van der Waals surface area contributed by atoms with E-state index in [0.29, 0.717) is 19.5 Å². The average molecular weight is 277 g/mol. The van der Waals surface area contributed by atoms with Crippen LogP contribution in [0, 0.1) is 0 Å². The van der Waals surface area contributed by atoms with Gasteiger partial charge in [-0.25, -0.2) is 0 Å². The highest BCUT2D eigenvalue weighted by Crippen LogP contribution is 2.15. The van der Waals surface area contributed by atoms with E-state index in [2.05, 4.69) is 12.6 Å². The van der Waals surface area contributed by atoms with Gasteiger partial charge >= 0.3 is 0 Å². The largest absolute Gasteiger partial charge is 0.334 e. The predicted molar refractivity (Wildman–Crippen MR) is 78.0 cm³/mol. The number of hydrogen-bond acceptors (Lipinski definition) is 3. The maximum Gasteiger partial charge on any atom is 0.228 e. The molecule has 0 atom stereocenters. The molecule has 0 N–H and O–H groups in total. The SMILES string of the molecule is C=CCN(Cc1cccs1)C(=O)Cc1cccs1. The van der Waals surface area contributed by atoms with Gasteiger partial charge in [0.1, 0.15) is 0 Å². The van der Waals surface area contributed by atoms with Crippen LogP contribution < -0.4 is 0 Å². The molecule has 2 heterocycles. The van der Waals surface area contributed by atoms with Crippen molar-refractivity contribution in [2.45, 2.75) is 13.0 Å². The summed E-state index contributed by atoms with van der Waals surface area (Å²) in [6, 6.07) is 8.04. The molecule has 2 rings (SSSR count). The van der Waals surface area contributed by atoms with Crippen LogP contribution in [0.5, 0.6) is 0 Å². The Morgan fingerprint density at radius 1 is 1.22 bits per heavy atom. The minimum atomic E-state index is 0.158. The van der Waals surface area contributed by atoms with Crippen molar-refractivity contribution >= 4 is 28.6 Å². The van der Waals surface area contributed by atoms with Gasteiger partial charge in [0.05, 0.1) is 13.0 Å². The fraction of sp³-hybridized carbons (Fsp3) is 0.214. The standard InChI is InChI=1S/C14H15NOS2/c1-2-7-15(11-13-6-4-9-18-13)14(16)10-12-5-3-8-17-12/h2-6,8-9H,1,7,10-11H2. The number of hydrogen-bond donors (Lipinski definition) is 0. The van der Waals surface area contributed by atoms with Crippen LogP contribution in [0.4, 0.5) is 0 Å². The summed E-state index contributed by atoms with van der Waals surface area (Å²) in [6.45, 7) is 5.00. The molecule has 2 nitrogen and oxygen atoms in total. The Morgan fingerprint density at radius 3 is 2.44 bits per heavy atom. The van der Waals surface area contributed by atoms with Crippen molar-refractivity contribution in [1.82, 2.24) is 4.90 Å². The molecule has 0 radical (unpaired) electrons. The monoisotopic (exact) mass is 277 g/mol. The van der Waals surface area contributed by atoms with Gasteiger partial charge in [0.15, 0.2) is 0 Å². The molecule has 2 aromatic heterocycles. The molecule has 1 amide bonds. The summed E-state index contributed by atoms with van der Waals surface area (Å²) in [5.41, 5.74) is 0. The third-order valence-corrected chi connectivity index (χ3v) is 4.27. The van der Waals surface area contributed by atoms with Gasteiger partial charge in [-0.3, -0.25) is 4.79 Å². The smallest absolute Gasteiger partial charge is 0.228 e. The van der Waals surface area contributed by atoms with Crippen LogP contribution in [-0.4, -0.2) is 17.4 Å². The first-order chi connectivity index (χ1) is 8.79. The summed E-state index contributed by atoms with van der Waals surface area (Å²) in [5, 5.41) is 4.03. The van der Waals surface area contributed by atoms with Gasteiger partial charge in [0.25, 0.3) is 0 Å². The molecule has 0 spiro atoms. The average Bonchev–Trinajstić information content (AvgIpc) is 3.01. The number of nitrogens with zero attached hydrogens (tertiary/aromatic N) is 1. The van der Waals surface area contributed by atoms with E-state index >= 15 is 0 Å². The van der Waals surface area contributed by atoms with Crippen LogP contribution in [0.25, 0.3) is 0 Å². The molecular formula is C14H15NOS2. The molecule has 0 saturated heterocycles. The first-order valence-electron chi connectivity index (χ1n) is 5.73. The molecule has 4 heteroatoms. The summed E-state index contributed by atoms with van der Waals surface area (Å²) < 4.78 is 0. The van der Waals surface area contributed by atoms with Crippen LogP contribution >= 0.6 is 22.7 Å². The molecule has 94 valence electrons. The highest BCUT2D eigenvalue weighted by molar-refractivity contribution is 7.10. The van der Waals surface area contributed by atoms with Crippen molar-refractivity contribution in [3.8, 4) is 0 Å². The first kappa shape index (κ1) is 13.1. The maximum atomic E-state index is 12.2. The molecule has 0 bridgehead atoms. The fourth-order valence-corrected chi connectivity index (χ4v) is 3.09. The topological polar surface area (TPSA) is 20.3 Å². The molecule has 2 aromatic rings. The van der Waals surface area contributed by atoms with E-state index in [4.69, 9.17) is 0 Å². The number of thiophene rings is 2.